The van der Waals surface area contributed by atoms with Crippen LogP contribution in [0.3, 0.4) is 0 Å². The van der Waals surface area contributed by atoms with Crippen LogP contribution in [0, 0.1) is 6.92 Å². The number of imidazole rings is 1. The van der Waals surface area contributed by atoms with Crippen LogP contribution in [0.5, 0.6) is 0 Å². The minimum atomic E-state index is -0.336. The number of nitrogens with zero attached hydrogens (tertiary/aromatic N) is 4. The smallest absolute Gasteiger partial charge is 0.265 e. The highest BCUT2D eigenvalue weighted by atomic mass is 16.3. The van der Waals surface area contributed by atoms with Crippen molar-refractivity contribution in [2.24, 2.45) is 0 Å². The number of carbonyl (C=O) groups is 1. The molecule has 0 saturated heterocycles. The van der Waals surface area contributed by atoms with E-state index < -0.39 is 0 Å². The maximum Gasteiger partial charge on any atom is 0.265 e. The summed E-state index contributed by atoms with van der Waals surface area (Å²) in [5, 5.41) is 3.03. The summed E-state index contributed by atoms with van der Waals surface area (Å²) < 4.78 is 8.80. The van der Waals surface area contributed by atoms with Crippen molar-refractivity contribution in [2.75, 3.05) is 6.54 Å². The molecule has 0 spiro atoms. The molecule has 0 fully saturated rings. The first-order valence-corrected chi connectivity index (χ1v) is 7.95. The summed E-state index contributed by atoms with van der Waals surface area (Å²) in [5.41, 5.74) is 0.102. The first-order chi connectivity index (χ1) is 12.1. The van der Waals surface area contributed by atoms with Gasteiger partial charge in [-0.25, -0.2) is 9.97 Å². The molecule has 130 valence electrons. The molecule has 0 saturated carbocycles. The van der Waals surface area contributed by atoms with Gasteiger partial charge >= 0.3 is 0 Å². The van der Waals surface area contributed by atoms with Crippen LogP contribution in [0.1, 0.15) is 22.5 Å². The van der Waals surface area contributed by atoms with Gasteiger partial charge in [0.25, 0.3) is 11.5 Å². The highest BCUT2D eigenvalue weighted by Crippen LogP contribution is 2.20. The molecule has 25 heavy (non-hydrogen) atoms. The molecule has 0 radical (unpaired) electrons. The fourth-order valence-electron chi connectivity index (χ4n) is 2.65. The van der Waals surface area contributed by atoms with Crippen molar-refractivity contribution in [3.05, 3.63) is 59.4 Å². The molecule has 3 aromatic rings. The minimum Gasteiger partial charge on any atom is -0.442 e. The number of aromatic nitrogens is 4. The van der Waals surface area contributed by atoms with E-state index in [-0.39, 0.29) is 28.1 Å². The number of amides is 1. The van der Waals surface area contributed by atoms with Crippen LogP contribution in [-0.4, -0.2) is 31.6 Å². The van der Waals surface area contributed by atoms with Crippen LogP contribution < -0.4 is 10.9 Å². The Kier molecular flexibility index (Phi) is 4.78. The molecule has 3 rings (SSSR count). The third-order valence-electron chi connectivity index (χ3n) is 3.85. The van der Waals surface area contributed by atoms with Gasteiger partial charge in [0.05, 0.1) is 11.9 Å². The van der Waals surface area contributed by atoms with Crippen molar-refractivity contribution in [1.82, 2.24) is 24.4 Å². The number of rotatable bonds is 7. The molecule has 0 aromatic carbocycles. The summed E-state index contributed by atoms with van der Waals surface area (Å²) in [5.74, 6) is 0.0418. The number of hydrogen-bond donors (Lipinski definition) is 1. The van der Waals surface area contributed by atoms with E-state index >= 15 is 0 Å². The second kappa shape index (κ2) is 7.16. The fraction of sp³-hybridized carbons (Fsp3) is 0.294. The topological polar surface area (TPSA) is 95.0 Å². The lowest BCUT2D eigenvalue weighted by Gasteiger charge is -2.06. The summed E-state index contributed by atoms with van der Waals surface area (Å²) in [7, 11) is 0. The highest BCUT2D eigenvalue weighted by Gasteiger charge is 2.22. The van der Waals surface area contributed by atoms with Crippen LogP contribution in [0.15, 0.2) is 46.9 Å². The zero-order chi connectivity index (χ0) is 17.8. The van der Waals surface area contributed by atoms with Gasteiger partial charge in [0.2, 0.25) is 5.71 Å². The zero-order valence-corrected chi connectivity index (χ0v) is 13.9. The molecular formula is C17H19N5O3. The third kappa shape index (κ3) is 3.37. The van der Waals surface area contributed by atoms with E-state index in [2.05, 4.69) is 21.9 Å². The van der Waals surface area contributed by atoms with E-state index in [1.54, 1.807) is 25.5 Å². The van der Waals surface area contributed by atoms with Crippen LogP contribution in [0.4, 0.5) is 0 Å². The second-order valence-electron chi connectivity index (χ2n) is 5.61. The van der Waals surface area contributed by atoms with Crippen LogP contribution in [-0.2, 0) is 13.1 Å². The molecule has 0 aliphatic carbocycles. The number of fused-ring (bicyclic) bond motifs is 1. The van der Waals surface area contributed by atoms with Gasteiger partial charge < -0.3 is 14.3 Å². The SMILES string of the molecule is C=CCn1cnc2oc(C)c(C(=O)NCCCn3ccnc3)c2c1=O. The Bertz CT molecular complexity index is 953. The maximum absolute atomic E-state index is 12.6. The number of hydrogen-bond acceptors (Lipinski definition) is 5. The molecule has 3 heterocycles. The van der Waals surface area contributed by atoms with Gasteiger partial charge in [-0.1, -0.05) is 6.08 Å². The van der Waals surface area contributed by atoms with Crippen molar-refractivity contribution >= 4 is 17.0 Å². The lowest BCUT2D eigenvalue weighted by Crippen LogP contribution is -2.28. The summed E-state index contributed by atoms with van der Waals surface area (Å²) in [6.07, 6.45) is 9.03. The standard InChI is InChI=1S/C17H19N5O3/c1-3-7-22-11-20-16-14(17(22)24)13(12(2)25-16)15(23)19-5-4-8-21-9-6-18-10-21/h3,6,9-11H,1,4-5,7-8H2,2H3,(H,19,23). The van der Waals surface area contributed by atoms with Crippen LogP contribution in [0.2, 0.25) is 0 Å². The highest BCUT2D eigenvalue weighted by molar-refractivity contribution is 6.06. The predicted octanol–water partition coefficient (Wildman–Crippen LogP) is 1.50. The fourth-order valence-corrected chi connectivity index (χ4v) is 2.65. The molecular weight excluding hydrogens is 322 g/mol. The Labute approximate surface area is 143 Å². The van der Waals surface area contributed by atoms with Gasteiger partial charge in [0.1, 0.15) is 17.5 Å². The average Bonchev–Trinajstić information content (AvgIpc) is 3.21. The van der Waals surface area contributed by atoms with Crippen molar-refractivity contribution in [1.29, 1.82) is 0 Å². The van der Waals surface area contributed by atoms with E-state index in [1.807, 2.05) is 10.8 Å². The van der Waals surface area contributed by atoms with Crippen molar-refractivity contribution in [3.63, 3.8) is 0 Å². The summed E-state index contributed by atoms with van der Waals surface area (Å²) in [6.45, 7) is 6.81. The lowest BCUT2D eigenvalue weighted by atomic mass is 10.1. The van der Waals surface area contributed by atoms with Crippen molar-refractivity contribution in [2.45, 2.75) is 26.4 Å². The third-order valence-corrected chi connectivity index (χ3v) is 3.85. The minimum absolute atomic E-state index is 0.173. The average molecular weight is 341 g/mol. The first kappa shape index (κ1) is 16.7. The van der Waals surface area contributed by atoms with Crippen molar-refractivity contribution in [3.8, 4) is 0 Å². The van der Waals surface area contributed by atoms with Gasteiger partial charge in [-0.15, -0.1) is 6.58 Å². The second-order valence-corrected chi connectivity index (χ2v) is 5.61. The Balaban J connectivity index is 1.78. The Hall–Kier alpha value is -3.16. The van der Waals surface area contributed by atoms with Crippen LogP contribution >= 0.6 is 0 Å². The molecule has 0 bridgehead atoms. The first-order valence-electron chi connectivity index (χ1n) is 7.95. The van der Waals surface area contributed by atoms with Gasteiger partial charge in [-0.05, 0) is 13.3 Å². The Morgan fingerprint density at radius 1 is 1.44 bits per heavy atom. The molecule has 1 N–H and O–H groups in total. The number of allylic oxidation sites excluding steroid dienone is 1. The number of carbonyl (C=O) groups excluding carboxylic acids is 1. The van der Waals surface area contributed by atoms with Crippen LogP contribution in [0.25, 0.3) is 11.1 Å². The molecule has 0 atom stereocenters. The van der Waals surface area contributed by atoms with E-state index in [4.69, 9.17) is 4.42 Å². The summed E-state index contributed by atoms with van der Waals surface area (Å²) >= 11 is 0. The quantitative estimate of drug-likeness (QED) is 0.519. The number of nitrogens with one attached hydrogen (secondary N) is 1. The molecule has 8 heteroatoms. The summed E-state index contributed by atoms with van der Waals surface area (Å²) in [4.78, 5) is 33.2. The predicted molar refractivity (Wildman–Crippen MR) is 92.4 cm³/mol. The van der Waals surface area contributed by atoms with E-state index in [0.29, 0.717) is 18.8 Å². The van der Waals surface area contributed by atoms with E-state index in [9.17, 15) is 9.59 Å². The normalized spacial score (nSPS) is 10.9. The molecule has 0 aliphatic heterocycles. The lowest BCUT2D eigenvalue weighted by molar-refractivity contribution is 0.0952. The number of furan rings is 1. The van der Waals surface area contributed by atoms with Gasteiger partial charge in [0.15, 0.2) is 0 Å². The number of aryl methyl sites for hydroxylation is 2. The van der Waals surface area contributed by atoms with Gasteiger partial charge in [-0.2, -0.15) is 0 Å². The largest absolute Gasteiger partial charge is 0.442 e. The van der Waals surface area contributed by atoms with E-state index in [0.717, 1.165) is 13.0 Å². The summed E-state index contributed by atoms with van der Waals surface area (Å²) in [6, 6.07) is 0. The molecule has 8 nitrogen and oxygen atoms in total. The zero-order valence-electron chi connectivity index (χ0n) is 13.9. The van der Waals surface area contributed by atoms with Gasteiger partial charge in [-0.3, -0.25) is 14.2 Å². The molecule has 0 unspecified atom stereocenters. The monoisotopic (exact) mass is 341 g/mol. The van der Waals surface area contributed by atoms with Crippen molar-refractivity contribution < 1.29 is 9.21 Å². The molecule has 0 aliphatic rings. The molecule has 1 amide bonds. The maximum atomic E-state index is 12.6. The van der Waals surface area contributed by atoms with E-state index in [1.165, 1.54) is 10.9 Å². The van der Waals surface area contributed by atoms with Gasteiger partial charge in [0, 0.05) is 32.0 Å². The Morgan fingerprint density at radius 3 is 3.00 bits per heavy atom. The molecule has 3 aromatic heterocycles. The Morgan fingerprint density at radius 2 is 2.28 bits per heavy atom.